The van der Waals surface area contributed by atoms with Crippen molar-refractivity contribution in [3.8, 4) is 0 Å². The molecular weight excluding hydrogens is 322 g/mol. The number of amides is 1. The zero-order valence-electron chi connectivity index (χ0n) is 13.7. The Kier molecular flexibility index (Phi) is 4.85. The first-order valence-electron chi connectivity index (χ1n) is 7.79. The molecule has 1 N–H and O–H groups in total. The summed E-state index contributed by atoms with van der Waals surface area (Å²) in [5.41, 5.74) is 4.23. The van der Waals surface area contributed by atoms with E-state index in [0.29, 0.717) is 13.1 Å². The largest absolute Gasteiger partial charge is 0.465 e. The lowest BCUT2D eigenvalue weighted by Gasteiger charge is -2.24. The van der Waals surface area contributed by atoms with Crippen molar-refractivity contribution in [3.05, 3.63) is 53.4 Å². The predicted octanol–water partition coefficient (Wildman–Crippen LogP) is 4.01. The Morgan fingerprint density at radius 1 is 1.21 bits per heavy atom. The van der Waals surface area contributed by atoms with Gasteiger partial charge in [0.2, 0.25) is 0 Å². The maximum absolute atomic E-state index is 11.0. The van der Waals surface area contributed by atoms with Crippen LogP contribution in [0.2, 0.25) is 0 Å². The number of rotatable bonds is 3. The number of hydrogen-bond donors (Lipinski definition) is 1. The summed E-state index contributed by atoms with van der Waals surface area (Å²) >= 11 is 1.55. The van der Waals surface area contributed by atoms with Crippen molar-refractivity contribution >= 4 is 23.4 Å². The lowest BCUT2D eigenvalue weighted by Crippen LogP contribution is -2.33. The molecule has 1 aromatic carbocycles. The van der Waals surface area contributed by atoms with Crippen LogP contribution >= 0.6 is 11.8 Å². The molecule has 6 heteroatoms. The molecule has 0 bridgehead atoms. The van der Waals surface area contributed by atoms with Gasteiger partial charge in [-0.1, -0.05) is 24.3 Å². The number of aromatic nitrogens is 2. The monoisotopic (exact) mass is 341 g/mol. The summed E-state index contributed by atoms with van der Waals surface area (Å²) in [5.74, 6) is 0. The number of aryl methyl sites for hydroxylation is 2. The van der Waals surface area contributed by atoms with Crippen molar-refractivity contribution in [2.75, 3.05) is 13.1 Å². The minimum absolute atomic E-state index is 0.434. The maximum Gasteiger partial charge on any atom is 0.407 e. The first kappa shape index (κ1) is 16.5. The number of benzene rings is 1. The second-order valence-electron chi connectivity index (χ2n) is 5.74. The van der Waals surface area contributed by atoms with Gasteiger partial charge >= 0.3 is 6.09 Å². The van der Waals surface area contributed by atoms with E-state index in [1.807, 2.05) is 38.1 Å². The van der Waals surface area contributed by atoms with E-state index in [2.05, 4.69) is 22.1 Å². The zero-order valence-corrected chi connectivity index (χ0v) is 14.5. The van der Waals surface area contributed by atoms with Gasteiger partial charge in [0.05, 0.1) is 0 Å². The standard InChI is InChI=1S/C18H19N3O2S/c1-12-11-13(2)20-17(19-12)24-16-6-4-3-5-15(16)14-7-9-21(10-8-14)18(22)23/h3-7,11H,8-10H2,1-2H3,(H,22,23). The summed E-state index contributed by atoms with van der Waals surface area (Å²) in [6.07, 6.45) is 1.85. The second-order valence-corrected chi connectivity index (χ2v) is 6.75. The minimum atomic E-state index is -0.864. The molecule has 0 spiro atoms. The third kappa shape index (κ3) is 3.76. The van der Waals surface area contributed by atoms with E-state index in [4.69, 9.17) is 5.11 Å². The summed E-state index contributed by atoms with van der Waals surface area (Å²) in [4.78, 5) is 22.6. The van der Waals surface area contributed by atoms with Crippen molar-refractivity contribution in [2.45, 2.75) is 30.3 Å². The van der Waals surface area contributed by atoms with Crippen LogP contribution in [0.25, 0.3) is 5.57 Å². The van der Waals surface area contributed by atoms with Crippen LogP contribution in [0.4, 0.5) is 4.79 Å². The fraction of sp³-hybridized carbons (Fsp3) is 0.278. The first-order chi connectivity index (χ1) is 11.5. The third-order valence-corrected chi connectivity index (χ3v) is 4.82. The number of carbonyl (C=O) groups is 1. The van der Waals surface area contributed by atoms with Gasteiger partial charge in [0, 0.05) is 29.4 Å². The quantitative estimate of drug-likeness (QED) is 0.854. The van der Waals surface area contributed by atoms with E-state index in [-0.39, 0.29) is 0 Å². The van der Waals surface area contributed by atoms with Gasteiger partial charge in [-0.15, -0.1) is 0 Å². The van der Waals surface area contributed by atoms with Gasteiger partial charge in [0.25, 0.3) is 0 Å². The molecule has 124 valence electrons. The third-order valence-electron chi connectivity index (χ3n) is 3.88. The van der Waals surface area contributed by atoms with Crippen LogP contribution in [0.5, 0.6) is 0 Å². The van der Waals surface area contributed by atoms with E-state index in [0.717, 1.165) is 33.4 Å². The van der Waals surface area contributed by atoms with Crippen LogP contribution in [-0.4, -0.2) is 39.2 Å². The molecule has 1 aliphatic rings. The van der Waals surface area contributed by atoms with Crippen molar-refractivity contribution in [3.63, 3.8) is 0 Å². The van der Waals surface area contributed by atoms with Gasteiger partial charge in [0.15, 0.2) is 5.16 Å². The highest BCUT2D eigenvalue weighted by Gasteiger charge is 2.18. The molecule has 1 aliphatic heterocycles. The van der Waals surface area contributed by atoms with Gasteiger partial charge < -0.3 is 10.0 Å². The van der Waals surface area contributed by atoms with E-state index < -0.39 is 6.09 Å². The van der Waals surface area contributed by atoms with Gasteiger partial charge in [-0.25, -0.2) is 14.8 Å². The van der Waals surface area contributed by atoms with Gasteiger partial charge in [0.1, 0.15) is 0 Å². The predicted molar refractivity (Wildman–Crippen MR) is 94.3 cm³/mol. The van der Waals surface area contributed by atoms with Crippen LogP contribution in [0.1, 0.15) is 23.4 Å². The fourth-order valence-corrected chi connectivity index (χ4v) is 3.78. The van der Waals surface area contributed by atoms with Crippen LogP contribution in [0.15, 0.2) is 46.5 Å². The lowest BCUT2D eigenvalue weighted by molar-refractivity contribution is 0.150. The van der Waals surface area contributed by atoms with Crippen LogP contribution in [0, 0.1) is 13.8 Å². The van der Waals surface area contributed by atoms with Crippen molar-refractivity contribution in [1.82, 2.24) is 14.9 Å². The van der Waals surface area contributed by atoms with E-state index in [1.54, 1.807) is 11.8 Å². The topological polar surface area (TPSA) is 66.3 Å². The Balaban J connectivity index is 1.87. The van der Waals surface area contributed by atoms with Crippen molar-refractivity contribution in [1.29, 1.82) is 0 Å². The highest BCUT2D eigenvalue weighted by atomic mass is 32.2. The molecule has 2 heterocycles. The van der Waals surface area contributed by atoms with Gasteiger partial charge in [-0.05, 0) is 55.3 Å². The number of nitrogens with zero attached hydrogens (tertiary/aromatic N) is 3. The molecule has 2 aromatic rings. The molecule has 0 saturated carbocycles. The molecule has 0 atom stereocenters. The molecule has 5 nitrogen and oxygen atoms in total. The van der Waals surface area contributed by atoms with E-state index >= 15 is 0 Å². The highest BCUT2D eigenvalue weighted by Crippen LogP contribution is 2.34. The average Bonchev–Trinajstić information content (AvgIpc) is 2.54. The van der Waals surface area contributed by atoms with E-state index in [9.17, 15) is 4.79 Å². The Bertz CT molecular complexity index is 784. The minimum Gasteiger partial charge on any atom is -0.465 e. The molecular formula is C18H19N3O2S. The van der Waals surface area contributed by atoms with E-state index in [1.165, 1.54) is 10.5 Å². The van der Waals surface area contributed by atoms with Crippen molar-refractivity contribution in [2.24, 2.45) is 0 Å². The summed E-state index contributed by atoms with van der Waals surface area (Å²) in [7, 11) is 0. The number of carboxylic acid groups (broad SMARTS) is 1. The highest BCUT2D eigenvalue weighted by molar-refractivity contribution is 7.99. The Morgan fingerprint density at radius 2 is 1.92 bits per heavy atom. The molecule has 0 unspecified atom stereocenters. The molecule has 3 rings (SSSR count). The first-order valence-corrected chi connectivity index (χ1v) is 8.61. The Morgan fingerprint density at radius 3 is 2.54 bits per heavy atom. The molecule has 0 fully saturated rings. The van der Waals surface area contributed by atoms with Crippen molar-refractivity contribution < 1.29 is 9.90 Å². The summed E-state index contributed by atoms with van der Waals surface area (Å²) < 4.78 is 0. The summed E-state index contributed by atoms with van der Waals surface area (Å²) in [5, 5.41) is 9.81. The fourth-order valence-electron chi connectivity index (χ4n) is 2.75. The molecule has 1 aromatic heterocycles. The van der Waals surface area contributed by atoms with Gasteiger partial charge in [-0.3, -0.25) is 0 Å². The molecule has 1 amide bonds. The second kappa shape index (κ2) is 7.05. The Labute approximate surface area is 145 Å². The van der Waals surface area contributed by atoms with Crippen LogP contribution in [0.3, 0.4) is 0 Å². The number of hydrogen-bond acceptors (Lipinski definition) is 4. The van der Waals surface area contributed by atoms with Crippen LogP contribution in [-0.2, 0) is 0 Å². The summed E-state index contributed by atoms with van der Waals surface area (Å²) in [6, 6.07) is 10.1. The average molecular weight is 341 g/mol. The molecule has 0 radical (unpaired) electrons. The van der Waals surface area contributed by atoms with Gasteiger partial charge in [-0.2, -0.15) is 0 Å². The zero-order chi connectivity index (χ0) is 17.1. The maximum atomic E-state index is 11.0. The van der Waals surface area contributed by atoms with Crippen LogP contribution < -0.4 is 0 Å². The smallest absolute Gasteiger partial charge is 0.407 e. The normalized spacial score (nSPS) is 14.4. The SMILES string of the molecule is Cc1cc(C)nc(Sc2ccccc2C2=CCN(C(=O)O)CC2)n1. The Hall–Kier alpha value is -2.34. The molecule has 24 heavy (non-hydrogen) atoms. The lowest BCUT2D eigenvalue weighted by atomic mass is 10.00. The molecule has 0 aliphatic carbocycles. The molecule has 0 saturated heterocycles. The summed E-state index contributed by atoms with van der Waals surface area (Å²) in [6.45, 7) is 4.90.